The van der Waals surface area contributed by atoms with Gasteiger partial charge < -0.3 is 10.5 Å². The molecule has 1 aromatic rings. The van der Waals surface area contributed by atoms with E-state index in [-0.39, 0.29) is 6.04 Å². The molecule has 0 radical (unpaired) electrons. The van der Waals surface area contributed by atoms with E-state index in [1.165, 1.54) is 0 Å². The van der Waals surface area contributed by atoms with Crippen molar-refractivity contribution in [1.29, 1.82) is 0 Å². The summed E-state index contributed by atoms with van der Waals surface area (Å²) in [7, 11) is 0. The van der Waals surface area contributed by atoms with Crippen molar-refractivity contribution in [2.45, 2.75) is 18.9 Å². The largest absolute Gasteiger partial charge is 0.493 e. The summed E-state index contributed by atoms with van der Waals surface area (Å²) in [6.45, 7) is 0.689. The highest BCUT2D eigenvalue weighted by Crippen LogP contribution is 2.29. The van der Waals surface area contributed by atoms with Gasteiger partial charge in [0, 0.05) is 16.6 Å². The van der Waals surface area contributed by atoms with Gasteiger partial charge in [0.1, 0.15) is 5.75 Å². The second-order valence-electron chi connectivity index (χ2n) is 3.32. The Morgan fingerprint density at radius 3 is 3.15 bits per heavy atom. The third kappa shape index (κ3) is 1.79. The SMILES string of the molecule is NC1CCOc2cccc(Cl)c2C1. The summed E-state index contributed by atoms with van der Waals surface area (Å²) in [5, 5.41) is 0.759. The molecule has 1 aliphatic rings. The van der Waals surface area contributed by atoms with Crippen LogP contribution in [0.2, 0.25) is 5.02 Å². The second-order valence-corrected chi connectivity index (χ2v) is 3.73. The maximum atomic E-state index is 6.04. The van der Waals surface area contributed by atoms with Gasteiger partial charge in [-0.15, -0.1) is 0 Å². The lowest BCUT2D eigenvalue weighted by molar-refractivity contribution is 0.310. The molecule has 2 nitrogen and oxygen atoms in total. The van der Waals surface area contributed by atoms with Gasteiger partial charge in [0.05, 0.1) is 6.61 Å². The number of nitrogens with two attached hydrogens (primary N) is 1. The summed E-state index contributed by atoms with van der Waals surface area (Å²) in [6, 6.07) is 5.89. The quantitative estimate of drug-likeness (QED) is 0.691. The van der Waals surface area contributed by atoms with Gasteiger partial charge in [-0.05, 0) is 25.0 Å². The first-order chi connectivity index (χ1) is 6.27. The number of hydrogen-bond acceptors (Lipinski definition) is 2. The van der Waals surface area contributed by atoms with Gasteiger partial charge in [0.15, 0.2) is 0 Å². The van der Waals surface area contributed by atoms with Gasteiger partial charge in [-0.1, -0.05) is 17.7 Å². The molecule has 13 heavy (non-hydrogen) atoms. The Kier molecular flexibility index (Phi) is 2.42. The molecule has 0 bridgehead atoms. The Labute approximate surface area is 82.6 Å². The fraction of sp³-hybridized carbons (Fsp3) is 0.400. The van der Waals surface area contributed by atoms with E-state index >= 15 is 0 Å². The molecule has 2 rings (SSSR count). The predicted molar refractivity (Wildman–Crippen MR) is 53.2 cm³/mol. The van der Waals surface area contributed by atoms with Crippen LogP contribution in [0.1, 0.15) is 12.0 Å². The molecule has 0 saturated heterocycles. The molecule has 0 aromatic heterocycles. The Bertz CT molecular complexity index is 314. The second kappa shape index (κ2) is 3.56. The van der Waals surface area contributed by atoms with Gasteiger partial charge in [-0.2, -0.15) is 0 Å². The molecule has 1 aromatic carbocycles. The third-order valence-electron chi connectivity index (χ3n) is 2.29. The molecule has 2 N–H and O–H groups in total. The van der Waals surface area contributed by atoms with Gasteiger partial charge in [0.25, 0.3) is 0 Å². The zero-order chi connectivity index (χ0) is 9.26. The molecular weight excluding hydrogens is 186 g/mol. The van der Waals surface area contributed by atoms with E-state index in [2.05, 4.69) is 0 Å². The number of ether oxygens (including phenoxy) is 1. The van der Waals surface area contributed by atoms with E-state index in [9.17, 15) is 0 Å². The number of rotatable bonds is 0. The van der Waals surface area contributed by atoms with Crippen LogP contribution < -0.4 is 10.5 Å². The number of benzene rings is 1. The van der Waals surface area contributed by atoms with Crippen molar-refractivity contribution in [1.82, 2.24) is 0 Å². The van der Waals surface area contributed by atoms with E-state index in [0.29, 0.717) is 6.61 Å². The van der Waals surface area contributed by atoms with Crippen LogP contribution in [0, 0.1) is 0 Å². The number of hydrogen-bond donors (Lipinski definition) is 1. The molecule has 0 amide bonds. The summed E-state index contributed by atoms with van der Waals surface area (Å²) in [6.07, 6.45) is 1.71. The van der Waals surface area contributed by atoms with Crippen molar-refractivity contribution in [3.05, 3.63) is 28.8 Å². The lowest BCUT2D eigenvalue weighted by Crippen LogP contribution is -2.22. The van der Waals surface area contributed by atoms with Gasteiger partial charge >= 0.3 is 0 Å². The van der Waals surface area contributed by atoms with E-state index in [1.54, 1.807) is 0 Å². The summed E-state index contributed by atoms with van der Waals surface area (Å²) >= 11 is 6.04. The smallest absolute Gasteiger partial charge is 0.124 e. The molecular formula is C10H12ClNO. The highest BCUT2D eigenvalue weighted by atomic mass is 35.5. The highest BCUT2D eigenvalue weighted by Gasteiger charge is 2.16. The minimum atomic E-state index is 0.168. The normalized spacial score (nSPS) is 21.5. The minimum absolute atomic E-state index is 0.168. The molecule has 0 saturated carbocycles. The lowest BCUT2D eigenvalue weighted by atomic mass is 10.0. The maximum Gasteiger partial charge on any atom is 0.124 e. The van der Waals surface area contributed by atoms with Crippen LogP contribution in [0.3, 0.4) is 0 Å². The topological polar surface area (TPSA) is 35.2 Å². The Balaban J connectivity index is 2.40. The van der Waals surface area contributed by atoms with Gasteiger partial charge in [0.2, 0.25) is 0 Å². The molecule has 3 heteroatoms. The molecule has 0 fully saturated rings. The summed E-state index contributed by atoms with van der Waals surface area (Å²) in [4.78, 5) is 0. The van der Waals surface area contributed by atoms with Crippen LogP contribution in [-0.2, 0) is 6.42 Å². The standard InChI is InChI=1S/C10H12ClNO/c11-9-2-1-3-10-8(9)6-7(12)4-5-13-10/h1-3,7H,4-6,12H2. The number of fused-ring (bicyclic) bond motifs is 1. The Morgan fingerprint density at radius 2 is 2.31 bits per heavy atom. The average Bonchev–Trinajstić information content (AvgIpc) is 2.28. The predicted octanol–water partition coefficient (Wildman–Crippen LogP) is 1.99. The van der Waals surface area contributed by atoms with Crippen LogP contribution in [0.15, 0.2) is 18.2 Å². The van der Waals surface area contributed by atoms with Crippen molar-refractivity contribution >= 4 is 11.6 Å². The fourth-order valence-corrected chi connectivity index (χ4v) is 1.80. The van der Waals surface area contributed by atoms with E-state index in [0.717, 1.165) is 29.2 Å². The van der Waals surface area contributed by atoms with Gasteiger partial charge in [-0.3, -0.25) is 0 Å². The van der Waals surface area contributed by atoms with Crippen LogP contribution in [0.25, 0.3) is 0 Å². The molecule has 1 heterocycles. The summed E-state index contributed by atoms with van der Waals surface area (Å²) in [5.41, 5.74) is 6.93. The minimum Gasteiger partial charge on any atom is -0.493 e. The van der Waals surface area contributed by atoms with Crippen LogP contribution in [0.5, 0.6) is 5.75 Å². The number of halogens is 1. The first kappa shape index (κ1) is 8.85. The first-order valence-corrected chi connectivity index (χ1v) is 4.81. The van der Waals surface area contributed by atoms with Crippen molar-refractivity contribution in [3.63, 3.8) is 0 Å². The van der Waals surface area contributed by atoms with Crippen molar-refractivity contribution in [2.24, 2.45) is 5.73 Å². The van der Waals surface area contributed by atoms with Crippen molar-refractivity contribution in [2.75, 3.05) is 6.61 Å². The first-order valence-electron chi connectivity index (χ1n) is 4.43. The third-order valence-corrected chi connectivity index (χ3v) is 2.64. The van der Waals surface area contributed by atoms with E-state index in [4.69, 9.17) is 22.1 Å². The lowest BCUT2D eigenvalue weighted by Gasteiger charge is -2.08. The maximum absolute atomic E-state index is 6.04. The van der Waals surface area contributed by atoms with E-state index < -0.39 is 0 Å². The molecule has 1 aliphatic heterocycles. The summed E-state index contributed by atoms with van der Waals surface area (Å²) < 4.78 is 5.54. The molecule has 1 unspecified atom stereocenters. The zero-order valence-electron chi connectivity index (χ0n) is 7.29. The fourth-order valence-electron chi connectivity index (χ4n) is 1.56. The molecule has 0 spiro atoms. The Hall–Kier alpha value is -0.730. The highest BCUT2D eigenvalue weighted by molar-refractivity contribution is 6.31. The van der Waals surface area contributed by atoms with Crippen LogP contribution in [0.4, 0.5) is 0 Å². The van der Waals surface area contributed by atoms with Crippen molar-refractivity contribution < 1.29 is 4.74 Å². The van der Waals surface area contributed by atoms with E-state index in [1.807, 2.05) is 18.2 Å². The molecule has 0 aliphatic carbocycles. The monoisotopic (exact) mass is 197 g/mol. The molecule has 1 atom stereocenters. The average molecular weight is 198 g/mol. The van der Waals surface area contributed by atoms with Crippen molar-refractivity contribution in [3.8, 4) is 5.75 Å². The zero-order valence-corrected chi connectivity index (χ0v) is 8.05. The molecule has 70 valence electrons. The Morgan fingerprint density at radius 1 is 1.46 bits per heavy atom. The van der Waals surface area contributed by atoms with Crippen LogP contribution in [-0.4, -0.2) is 12.6 Å². The van der Waals surface area contributed by atoms with Gasteiger partial charge in [-0.25, -0.2) is 0 Å². The van der Waals surface area contributed by atoms with Crippen LogP contribution >= 0.6 is 11.6 Å². The summed E-state index contributed by atoms with van der Waals surface area (Å²) in [5.74, 6) is 0.889.